The number of β-amino-alcohol motifs (C(OH)–C–C–N with tert-alkyl or cyclic N) is 1. The summed E-state index contributed by atoms with van der Waals surface area (Å²) in [4.78, 5) is 9.76. The van der Waals surface area contributed by atoms with Gasteiger partial charge in [-0.1, -0.05) is 38.1 Å². The Bertz CT molecular complexity index is 995. The van der Waals surface area contributed by atoms with Gasteiger partial charge >= 0.3 is 0 Å². The van der Waals surface area contributed by atoms with Crippen LogP contribution < -0.4 is 9.80 Å². The van der Waals surface area contributed by atoms with E-state index in [2.05, 4.69) is 90.0 Å². The van der Waals surface area contributed by atoms with Gasteiger partial charge in [0.2, 0.25) is 0 Å². The van der Waals surface area contributed by atoms with Crippen molar-refractivity contribution in [2.75, 3.05) is 63.2 Å². The molecule has 1 fully saturated rings. The van der Waals surface area contributed by atoms with Crippen LogP contribution in [-0.4, -0.2) is 80.4 Å². The van der Waals surface area contributed by atoms with Crippen LogP contribution in [0.25, 0.3) is 0 Å². The molecule has 184 valence electrons. The van der Waals surface area contributed by atoms with E-state index in [0.717, 1.165) is 45.7 Å². The fourth-order valence-electron chi connectivity index (χ4n) is 6.31. The molecule has 0 aromatic heterocycles. The number of rotatable bonds is 6. The predicted octanol–water partition coefficient (Wildman–Crippen LogP) is 3.73. The first-order valence-corrected chi connectivity index (χ1v) is 13.1. The van der Waals surface area contributed by atoms with E-state index in [9.17, 15) is 5.11 Å². The lowest BCUT2D eigenvalue weighted by Gasteiger charge is -2.37. The minimum Gasteiger partial charge on any atom is -0.390 e. The van der Waals surface area contributed by atoms with Crippen molar-refractivity contribution in [3.8, 4) is 0 Å². The topological polar surface area (TPSA) is 33.2 Å². The zero-order chi connectivity index (χ0) is 23.9. The summed E-state index contributed by atoms with van der Waals surface area (Å²) in [5.41, 5.74) is 7.06. The number of benzene rings is 2. The molecule has 0 radical (unpaired) electrons. The van der Waals surface area contributed by atoms with Crippen molar-refractivity contribution in [1.29, 1.82) is 0 Å². The zero-order valence-corrected chi connectivity index (χ0v) is 21.5. The van der Waals surface area contributed by atoms with Crippen molar-refractivity contribution in [2.45, 2.75) is 57.2 Å². The molecule has 0 saturated carbocycles. The van der Waals surface area contributed by atoms with Gasteiger partial charge in [0.05, 0.1) is 6.10 Å². The molecule has 5 rings (SSSR count). The monoisotopic (exact) mass is 462 g/mol. The highest BCUT2D eigenvalue weighted by atomic mass is 16.3. The molecule has 2 aromatic carbocycles. The molecule has 5 heteroatoms. The SMILES string of the molecule is CN(C)C1CCN(c2ccc3c(c2)C(C)(C)CN3CC(O)CN2CCc3ccccc3C2)CC1. The summed E-state index contributed by atoms with van der Waals surface area (Å²) in [6, 6.07) is 16.5. The largest absolute Gasteiger partial charge is 0.390 e. The third-order valence-electron chi connectivity index (χ3n) is 8.31. The highest BCUT2D eigenvalue weighted by Gasteiger charge is 2.36. The molecular formula is C29H42N4O. The summed E-state index contributed by atoms with van der Waals surface area (Å²) in [7, 11) is 4.40. The van der Waals surface area contributed by atoms with Crippen LogP contribution in [0.5, 0.6) is 0 Å². The molecule has 1 unspecified atom stereocenters. The predicted molar refractivity (Wildman–Crippen MR) is 142 cm³/mol. The molecule has 1 N–H and O–H groups in total. The van der Waals surface area contributed by atoms with Gasteiger partial charge in [0.1, 0.15) is 0 Å². The quantitative estimate of drug-likeness (QED) is 0.707. The third-order valence-corrected chi connectivity index (χ3v) is 8.31. The molecule has 1 saturated heterocycles. The van der Waals surface area contributed by atoms with Crippen LogP contribution in [0.1, 0.15) is 43.4 Å². The van der Waals surface area contributed by atoms with Crippen LogP contribution in [-0.2, 0) is 18.4 Å². The number of aliphatic hydroxyl groups is 1. The Morgan fingerprint density at radius 2 is 1.74 bits per heavy atom. The molecular weight excluding hydrogens is 420 g/mol. The van der Waals surface area contributed by atoms with E-state index in [1.807, 2.05) is 0 Å². The van der Waals surface area contributed by atoms with Gasteiger partial charge in [0, 0.05) is 68.6 Å². The van der Waals surface area contributed by atoms with E-state index in [0.29, 0.717) is 12.6 Å². The second-order valence-electron chi connectivity index (χ2n) is 11.6. The Morgan fingerprint density at radius 3 is 2.47 bits per heavy atom. The molecule has 0 aliphatic carbocycles. The van der Waals surface area contributed by atoms with Crippen molar-refractivity contribution < 1.29 is 5.11 Å². The summed E-state index contributed by atoms with van der Waals surface area (Å²) in [5.74, 6) is 0. The van der Waals surface area contributed by atoms with Crippen molar-refractivity contribution >= 4 is 11.4 Å². The first-order valence-electron chi connectivity index (χ1n) is 13.1. The van der Waals surface area contributed by atoms with E-state index in [1.165, 1.54) is 40.9 Å². The van der Waals surface area contributed by atoms with E-state index < -0.39 is 0 Å². The average Bonchev–Trinajstić information content (AvgIpc) is 3.08. The maximum atomic E-state index is 11.0. The highest BCUT2D eigenvalue weighted by molar-refractivity contribution is 5.68. The molecule has 34 heavy (non-hydrogen) atoms. The van der Waals surface area contributed by atoms with Gasteiger partial charge < -0.3 is 19.8 Å². The van der Waals surface area contributed by atoms with E-state index in [-0.39, 0.29) is 11.5 Å². The number of hydrogen-bond acceptors (Lipinski definition) is 5. The van der Waals surface area contributed by atoms with Gasteiger partial charge in [-0.05, 0) is 68.2 Å². The molecule has 0 amide bonds. The lowest BCUT2D eigenvalue weighted by atomic mass is 9.86. The Labute approximate surface area is 206 Å². The maximum Gasteiger partial charge on any atom is 0.0841 e. The van der Waals surface area contributed by atoms with Crippen LogP contribution in [0, 0.1) is 0 Å². The summed E-state index contributed by atoms with van der Waals surface area (Å²) >= 11 is 0. The minimum absolute atomic E-state index is 0.0943. The normalized spacial score (nSPS) is 21.6. The zero-order valence-electron chi connectivity index (χ0n) is 21.5. The summed E-state index contributed by atoms with van der Waals surface area (Å²) < 4.78 is 0. The Morgan fingerprint density at radius 1 is 1.00 bits per heavy atom. The van der Waals surface area contributed by atoms with Crippen LogP contribution >= 0.6 is 0 Å². The van der Waals surface area contributed by atoms with Crippen LogP contribution in [0.15, 0.2) is 42.5 Å². The molecule has 3 aliphatic rings. The number of aliphatic hydroxyl groups excluding tert-OH is 1. The summed E-state index contributed by atoms with van der Waals surface area (Å²) in [5, 5.41) is 11.0. The second kappa shape index (κ2) is 9.52. The van der Waals surface area contributed by atoms with Gasteiger partial charge in [-0.2, -0.15) is 0 Å². The van der Waals surface area contributed by atoms with Crippen molar-refractivity contribution in [3.05, 3.63) is 59.2 Å². The standard InChI is InChI=1S/C29H42N4O/c1-29(2)21-33(20-26(34)19-31-14-11-22-7-5-6-8-23(22)18-31)28-10-9-25(17-27(28)29)32-15-12-24(13-16-32)30(3)4/h5-10,17,24,26,34H,11-16,18-21H2,1-4H3. The van der Waals surface area contributed by atoms with E-state index in [1.54, 1.807) is 0 Å². The van der Waals surface area contributed by atoms with Gasteiger partial charge in [-0.25, -0.2) is 0 Å². The summed E-state index contributed by atoms with van der Waals surface area (Å²) in [6.45, 7) is 11.3. The molecule has 0 spiro atoms. The van der Waals surface area contributed by atoms with Crippen LogP contribution in [0.3, 0.4) is 0 Å². The first kappa shape index (κ1) is 23.7. The van der Waals surface area contributed by atoms with Gasteiger partial charge in [-0.3, -0.25) is 4.90 Å². The highest BCUT2D eigenvalue weighted by Crippen LogP contribution is 2.42. The lowest BCUT2D eigenvalue weighted by molar-refractivity contribution is 0.109. The number of hydrogen-bond donors (Lipinski definition) is 1. The Kier molecular flexibility index (Phi) is 6.62. The smallest absolute Gasteiger partial charge is 0.0841 e. The van der Waals surface area contributed by atoms with Crippen molar-refractivity contribution in [2.24, 2.45) is 0 Å². The average molecular weight is 463 g/mol. The number of fused-ring (bicyclic) bond motifs is 2. The molecule has 2 aromatic rings. The number of anilines is 2. The Balaban J connectivity index is 1.23. The summed E-state index contributed by atoms with van der Waals surface area (Å²) in [6.07, 6.45) is 3.19. The van der Waals surface area contributed by atoms with E-state index >= 15 is 0 Å². The fourth-order valence-corrected chi connectivity index (χ4v) is 6.31. The third kappa shape index (κ3) is 4.84. The Hall–Kier alpha value is -2.08. The molecule has 3 heterocycles. The molecule has 1 atom stereocenters. The molecule has 5 nitrogen and oxygen atoms in total. The second-order valence-corrected chi connectivity index (χ2v) is 11.6. The minimum atomic E-state index is -0.350. The van der Waals surface area contributed by atoms with Gasteiger partial charge in [0.25, 0.3) is 0 Å². The van der Waals surface area contributed by atoms with Crippen LogP contribution in [0.4, 0.5) is 11.4 Å². The van der Waals surface area contributed by atoms with E-state index in [4.69, 9.17) is 0 Å². The lowest BCUT2D eigenvalue weighted by Crippen LogP contribution is -2.42. The van der Waals surface area contributed by atoms with Crippen LogP contribution in [0.2, 0.25) is 0 Å². The maximum absolute atomic E-state index is 11.0. The number of nitrogens with zero attached hydrogens (tertiary/aromatic N) is 4. The first-order chi connectivity index (χ1) is 16.3. The number of piperidine rings is 1. The molecule has 0 bridgehead atoms. The van der Waals surface area contributed by atoms with Crippen molar-refractivity contribution in [3.63, 3.8) is 0 Å². The molecule has 3 aliphatic heterocycles. The van der Waals surface area contributed by atoms with Crippen molar-refractivity contribution in [1.82, 2.24) is 9.80 Å². The fraction of sp³-hybridized carbons (Fsp3) is 0.586. The van der Waals surface area contributed by atoms with Gasteiger partial charge in [0.15, 0.2) is 0 Å². The van der Waals surface area contributed by atoms with Gasteiger partial charge in [-0.15, -0.1) is 0 Å².